The largest absolute Gasteiger partial charge is 0.453 e. The Hall–Kier alpha value is -2.24. The molecule has 2 aliphatic heterocycles. The summed E-state index contributed by atoms with van der Waals surface area (Å²) in [5, 5.41) is 0. The number of ether oxygens (including phenoxy) is 1. The van der Waals surface area contributed by atoms with Gasteiger partial charge in [0.05, 0.1) is 7.11 Å². The normalized spacial score (nSPS) is 19.0. The van der Waals surface area contributed by atoms with Crippen molar-refractivity contribution in [2.75, 3.05) is 51.3 Å². The summed E-state index contributed by atoms with van der Waals surface area (Å²) in [6, 6.07) is 8.51. The van der Waals surface area contributed by atoms with E-state index in [0.717, 1.165) is 39.0 Å². The first kappa shape index (κ1) is 17.6. The van der Waals surface area contributed by atoms with E-state index >= 15 is 0 Å². The minimum atomic E-state index is -0.294. The Morgan fingerprint density at radius 3 is 2.28 bits per heavy atom. The first-order valence-corrected chi connectivity index (χ1v) is 9.02. The van der Waals surface area contributed by atoms with Crippen molar-refractivity contribution in [3.63, 3.8) is 0 Å². The number of piperidine rings is 1. The highest BCUT2D eigenvalue weighted by atomic mass is 16.5. The van der Waals surface area contributed by atoms with Gasteiger partial charge in [-0.05, 0) is 37.5 Å². The first-order valence-electron chi connectivity index (χ1n) is 9.02. The summed E-state index contributed by atoms with van der Waals surface area (Å²) < 4.78 is 4.75. The standard InChI is InChI=1S/C19H27N3O3/c1-15-4-3-5-17(14-15)20-10-12-21(13-11-20)18(23)16-6-8-22(9-7-16)19(24)25-2/h3-5,14,16H,6-13H2,1-2H3. The molecule has 2 aliphatic rings. The van der Waals surface area contributed by atoms with E-state index in [1.165, 1.54) is 18.4 Å². The van der Waals surface area contributed by atoms with Crippen LogP contribution in [-0.4, -0.2) is 68.2 Å². The van der Waals surface area contributed by atoms with Crippen LogP contribution in [0.5, 0.6) is 0 Å². The maximum absolute atomic E-state index is 12.8. The number of anilines is 1. The fourth-order valence-corrected chi connectivity index (χ4v) is 3.71. The number of hydrogen-bond acceptors (Lipinski definition) is 4. The number of hydrogen-bond donors (Lipinski definition) is 0. The van der Waals surface area contributed by atoms with Gasteiger partial charge in [-0.3, -0.25) is 4.79 Å². The van der Waals surface area contributed by atoms with Crippen molar-refractivity contribution in [2.45, 2.75) is 19.8 Å². The number of nitrogens with zero attached hydrogens (tertiary/aromatic N) is 3. The predicted molar refractivity (Wildman–Crippen MR) is 96.7 cm³/mol. The second-order valence-corrected chi connectivity index (χ2v) is 6.88. The second kappa shape index (κ2) is 7.76. The minimum absolute atomic E-state index is 0.0337. The van der Waals surface area contributed by atoms with Gasteiger partial charge in [0, 0.05) is 50.9 Å². The molecule has 3 rings (SSSR count). The monoisotopic (exact) mass is 345 g/mol. The van der Waals surface area contributed by atoms with Crippen molar-refractivity contribution in [3.8, 4) is 0 Å². The summed E-state index contributed by atoms with van der Waals surface area (Å²) in [7, 11) is 1.40. The van der Waals surface area contributed by atoms with Gasteiger partial charge in [-0.1, -0.05) is 12.1 Å². The number of likely N-dealkylation sites (tertiary alicyclic amines) is 1. The highest BCUT2D eigenvalue weighted by molar-refractivity contribution is 5.79. The van der Waals surface area contributed by atoms with Crippen LogP contribution in [0.4, 0.5) is 10.5 Å². The summed E-state index contributed by atoms with van der Waals surface area (Å²) >= 11 is 0. The lowest BCUT2D eigenvalue weighted by Crippen LogP contribution is -2.52. The molecule has 2 heterocycles. The molecule has 136 valence electrons. The average Bonchev–Trinajstić information content (AvgIpc) is 2.67. The van der Waals surface area contributed by atoms with E-state index in [0.29, 0.717) is 13.1 Å². The molecule has 1 aromatic carbocycles. The molecule has 0 spiro atoms. The van der Waals surface area contributed by atoms with Gasteiger partial charge in [-0.15, -0.1) is 0 Å². The van der Waals surface area contributed by atoms with Crippen LogP contribution in [-0.2, 0) is 9.53 Å². The van der Waals surface area contributed by atoms with Gasteiger partial charge >= 0.3 is 6.09 Å². The third-order valence-corrected chi connectivity index (χ3v) is 5.24. The summed E-state index contributed by atoms with van der Waals surface area (Å²) in [4.78, 5) is 30.3. The van der Waals surface area contributed by atoms with Gasteiger partial charge in [-0.25, -0.2) is 4.79 Å². The van der Waals surface area contributed by atoms with E-state index in [1.807, 2.05) is 4.90 Å². The van der Waals surface area contributed by atoms with Crippen LogP contribution >= 0.6 is 0 Å². The fraction of sp³-hybridized carbons (Fsp3) is 0.579. The van der Waals surface area contributed by atoms with Crippen molar-refractivity contribution in [3.05, 3.63) is 29.8 Å². The van der Waals surface area contributed by atoms with E-state index < -0.39 is 0 Å². The third kappa shape index (κ3) is 4.06. The van der Waals surface area contributed by atoms with E-state index in [2.05, 4.69) is 36.1 Å². The molecule has 6 heteroatoms. The molecule has 2 saturated heterocycles. The van der Waals surface area contributed by atoms with E-state index in [1.54, 1.807) is 4.90 Å². The van der Waals surface area contributed by atoms with Crippen molar-refractivity contribution in [1.82, 2.24) is 9.80 Å². The molecule has 2 fully saturated rings. The minimum Gasteiger partial charge on any atom is -0.453 e. The Kier molecular flexibility index (Phi) is 5.46. The molecule has 0 aromatic heterocycles. The third-order valence-electron chi connectivity index (χ3n) is 5.24. The zero-order valence-corrected chi connectivity index (χ0v) is 15.1. The van der Waals surface area contributed by atoms with E-state index in [4.69, 9.17) is 4.74 Å². The molecule has 6 nitrogen and oxygen atoms in total. The SMILES string of the molecule is COC(=O)N1CCC(C(=O)N2CCN(c3cccc(C)c3)CC2)CC1. The van der Waals surface area contributed by atoms with E-state index in [9.17, 15) is 9.59 Å². The van der Waals surface area contributed by atoms with Gasteiger partial charge in [0.15, 0.2) is 0 Å². The Balaban J connectivity index is 1.50. The number of methoxy groups -OCH3 is 1. The number of amides is 2. The van der Waals surface area contributed by atoms with Crippen molar-refractivity contribution in [2.24, 2.45) is 5.92 Å². The molecule has 0 radical (unpaired) electrons. The maximum atomic E-state index is 12.8. The second-order valence-electron chi connectivity index (χ2n) is 6.88. The zero-order chi connectivity index (χ0) is 17.8. The van der Waals surface area contributed by atoms with Gasteiger partial charge in [0.2, 0.25) is 5.91 Å². The Bertz CT molecular complexity index is 618. The summed E-state index contributed by atoms with van der Waals surface area (Å²) in [6.45, 7) is 6.59. The van der Waals surface area contributed by atoms with Gasteiger partial charge in [0.1, 0.15) is 0 Å². The molecule has 0 atom stereocenters. The van der Waals surface area contributed by atoms with Gasteiger partial charge in [0.25, 0.3) is 0 Å². The van der Waals surface area contributed by atoms with Gasteiger partial charge < -0.3 is 19.4 Å². The molecule has 0 bridgehead atoms. The fourth-order valence-electron chi connectivity index (χ4n) is 3.71. The molecule has 0 unspecified atom stereocenters. The Labute approximate surface area is 149 Å². The number of benzene rings is 1. The Morgan fingerprint density at radius 1 is 1.00 bits per heavy atom. The smallest absolute Gasteiger partial charge is 0.409 e. The van der Waals surface area contributed by atoms with Crippen LogP contribution in [0.1, 0.15) is 18.4 Å². The lowest BCUT2D eigenvalue weighted by atomic mass is 9.95. The molecule has 1 aromatic rings. The molecule has 0 saturated carbocycles. The zero-order valence-electron chi connectivity index (χ0n) is 15.1. The average molecular weight is 345 g/mol. The van der Waals surface area contributed by atoms with Crippen molar-refractivity contribution >= 4 is 17.7 Å². The molecular weight excluding hydrogens is 318 g/mol. The molecular formula is C19H27N3O3. The first-order chi connectivity index (χ1) is 12.1. The number of carbonyl (C=O) groups is 2. The molecule has 25 heavy (non-hydrogen) atoms. The lowest BCUT2D eigenvalue weighted by Gasteiger charge is -2.39. The lowest BCUT2D eigenvalue weighted by molar-refractivity contribution is -0.137. The number of aryl methyl sites for hydroxylation is 1. The number of carbonyl (C=O) groups excluding carboxylic acids is 2. The number of piperazine rings is 1. The van der Waals surface area contributed by atoms with Crippen molar-refractivity contribution in [1.29, 1.82) is 0 Å². The highest BCUT2D eigenvalue weighted by Gasteiger charge is 2.31. The summed E-state index contributed by atoms with van der Waals surface area (Å²) in [5.74, 6) is 0.278. The molecule has 2 amide bonds. The van der Waals surface area contributed by atoms with Crippen LogP contribution in [0.3, 0.4) is 0 Å². The number of rotatable bonds is 2. The quantitative estimate of drug-likeness (QED) is 0.824. The summed E-state index contributed by atoms with van der Waals surface area (Å²) in [6.07, 6.45) is 1.16. The van der Waals surface area contributed by atoms with Crippen LogP contribution < -0.4 is 4.90 Å². The van der Waals surface area contributed by atoms with Crippen LogP contribution in [0.2, 0.25) is 0 Å². The van der Waals surface area contributed by atoms with Gasteiger partial charge in [-0.2, -0.15) is 0 Å². The Morgan fingerprint density at radius 2 is 1.68 bits per heavy atom. The highest BCUT2D eigenvalue weighted by Crippen LogP contribution is 2.23. The van der Waals surface area contributed by atoms with Crippen LogP contribution in [0, 0.1) is 12.8 Å². The predicted octanol–water partition coefficient (Wildman–Crippen LogP) is 2.12. The van der Waals surface area contributed by atoms with Crippen LogP contribution in [0.25, 0.3) is 0 Å². The van der Waals surface area contributed by atoms with Crippen molar-refractivity contribution < 1.29 is 14.3 Å². The maximum Gasteiger partial charge on any atom is 0.409 e. The molecule has 0 aliphatic carbocycles. The summed E-state index contributed by atoms with van der Waals surface area (Å²) in [5.41, 5.74) is 2.49. The topological polar surface area (TPSA) is 53.1 Å². The van der Waals surface area contributed by atoms with Crippen LogP contribution in [0.15, 0.2) is 24.3 Å². The van der Waals surface area contributed by atoms with E-state index in [-0.39, 0.29) is 17.9 Å². The molecule has 0 N–H and O–H groups in total.